The van der Waals surface area contributed by atoms with Crippen LogP contribution in [0.5, 0.6) is 0 Å². The van der Waals surface area contributed by atoms with Crippen LogP contribution in [0.4, 0.5) is 10.1 Å². The lowest BCUT2D eigenvalue weighted by atomic mass is 10.0. The number of benzene rings is 1. The molecule has 0 atom stereocenters. The second-order valence-electron chi connectivity index (χ2n) is 4.50. The Kier molecular flexibility index (Phi) is 3.88. The Morgan fingerprint density at radius 3 is 2.58 bits per heavy atom. The highest BCUT2D eigenvalue weighted by atomic mass is 19.1. The predicted octanol–water partition coefficient (Wildman–Crippen LogP) is 3.24. The van der Waals surface area contributed by atoms with E-state index in [1.807, 2.05) is 46.3 Å². The van der Waals surface area contributed by atoms with Crippen molar-refractivity contribution in [2.75, 3.05) is 18.5 Å². The molecule has 0 N–H and O–H groups in total. The van der Waals surface area contributed by atoms with Gasteiger partial charge in [0.1, 0.15) is 5.82 Å². The molecule has 0 aliphatic carbocycles. The summed E-state index contributed by atoms with van der Waals surface area (Å²) in [6.45, 7) is 4.89. The van der Waals surface area contributed by atoms with Crippen LogP contribution in [-0.4, -0.2) is 23.4 Å². The molecule has 1 aromatic heterocycles. The maximum atomic E-state index is 14.4. The van der Waals surface area contributed by atoms with Crippen molar-refractivity contribution in [3.8, 4) is 11.1 Å². The van der Waals surface area contributed by atoms with E-state index in [0.29, 0.717) is 5.56 Å². The minimum absolute atomic E-state index is 0.0974. The number of likely N-dealkylation sites (N-methyl/N-ethyl adjacent to an activating group) is 1. The molecule has 0 bridgehead atoms. The molecule has 19 heavy (non-hydrogen) atoms. The molecule has 0 saturated carbocycles. The zero-order valence-corrected chi connectivity index (χ0v) is 11.9. The highest BCUT2D eigenvalue weighted by molar-refractivity contribution is 5.70. The molecule has 0 saturated heterocycles. The van der Waals surface area contributed by atoms with Gasteiger partial charge in [0.05, 0.1) is 6.20 Å². The van der Waals surface area contributed by atoms with Crippen LogP contribution in [0.15, 0.2) is 24.5 Å². The summed E-state index contributed by atoms with van der Waals surface area (Å²) in [5.41, 5.74) is 3.32. The number of halogens is 1. The molecular weight excluding hydrogens is 241 g/mol. The number of hydrogen-bond acceptors (Lipinski definition) is 2. The first-order chi connectivity index (χ1) is 9.16. The Bertz CT molecular complexity index is 575. The van der Waals surface area contributed by atoms with E-state index in [4.69, 9.17) is 0 Å². The van der Waals surface area contributed by atoms with Gasteiger partial charge < -0.3 is 4.90 Å². The largest absolute Gasteiger partial charge is 0.374 e. The van der Waals surface area contributed by atoms with Gasteiger partial charge >= 0.3 is 0 Å². The average molecular weight is 261 g/mol. The van der Waals surface area contributed by atoms with E-state index >= 15 is 0 Å². The topological polar surface area (TPSA) is 21.1 Å². The van der Waals surface area contributed by atoms with Gasteiger partial charge in [0.15, 0.2) is 0 Å². The number of rotatable bonds is 1. The van der Waals surface area contributed by atoms with Crippen LogP contribution >= 0.6 is 0 Å². The molecule has 3 rings (SSSR count). The monoisotopic (exact) mass is 261 g/mol. The van der Waals surface area contributed by atoms with Crippen LogP contribution in [0.2, 0.25) is 0 Å². The molecule has 102 valence electrons. The lowest BCUT2D eigenvalue weighted by Gasteiger charge is -2.12. The molecule has 2 aromatic rings. The number of fused-ring (bicyclic) bond motifs is 1. The molecule has 1 aromatic carbocycles. The maximum Gasteiger partial charge on any atom is 0.136 e. The van der Waals surface area contributed by atoms with Gasteiger partial charge in [-0.15, -0.1) is 0 Å². The molecule has 0 unspecified atom stereocenters. The summed E-state index contributed by atoms with van der Waals surface area (Å²) in [6.07, 6.45) is 4.32. The molecule has 0 spiro atoms. The first-order valence-corrected chi connectivity index (χ1v) is 6.68. The van der Waals surface area contributed by atoms with E-state index < -0.39 is 0 Å². The van der Waals surface area contributed by atoms with Crippen molar-refractivity contribution in [1.29, 1.82) is 0 Å². The smallest absolute Gasteiger partial charge is 0.136 e. The van der Waals surface area contributed by atoms with Gasteiger partial charge in [-0.1, -0.05) is 13.8 Å². The highest BCUT2D eigenvalue weighted by Crippen LogP contribution is 2.34. The summed E-state index contributed by atoms with van der Waals surface area (Å²) < 4.78 is 16.1. The van der Waals surface area contributed by atoms with Gasteiger partial charge in [-0.25, -0.2) is 4.39 Å². The van der Waals surface area contributed by atoms with Crippen LogP contribution < -0.4 is 4.90 Å². The summed E-state index contributed by atoms with van der Waals surface area (Å²) in [5.74, 6) is -0.0974. The fraction of sp³-hybridized carbons (Fsp3) is 0.400. The van der Waals surface area contributed by atoms with Crippen LogP contribution in [0.1, 0.15) is 19.4 Å². The van der Waals surface area contributed by atoms with Crippen molar-refractivity contribution in [1.82, 2.24) is 9.78 Å². The fourth-order valence-electron chi connectivity index (χ4n) is 2.39. The van der Waals surface area contributed by atoms with Gasteiger partial charge in [0.2, 0.25) is 0 Å². The van der Waals surface area contributed by atoms with E-state index in [-0.39, 0.29) is 5.82 Å². The second-order valence-corrected chi connectivity index (χ2v) is 4.50. The summed E-state index contributed by atoms with van der Waals surface area (Å²) in [4.78, 5) is 2.09. The summed E-state index contributed by atoms with van der Waals surface area (Å²) >= 11 is 0. The highest BCUT2D eigenvalue weighted by Gasteiger charge is 2.22. The quantitative estimate of drug-likeness (QED) is 0.785. The number of nitrogens with zero attached hydrogens (tertiary/aromatic N) is 3. The van der Waals surface area contributed by atoms with Crippen molar-refractivity contribution >= 4 is 5.69 Å². The van der Waals surface area contributed by atoms with Crippen LogP contribution in [-0.2, 0) is 13.5 Å². The second kappa shape index (κ2) is 5.43. The number of anilines is 1. The van der Waals surface area contributed by atoms with Crippen LogP contribution in [0, 0.1) is 5.82 Å². The zero-order chi connectivity index (χ0) is 14.0. The number of aryl methyl sites for hydroxylation is 1. The first kappa shape index (κ1) is 13.6. The lowest BCUT2D eigenvalue weighted by molar-refractivity contribution is 0.619. The fourth-order valence-corrected chi connectivity index (χ4v) is 2.39. The standard InChI is InChI=1S/C13H14FN3.C2H6/c1-16-6-5-11-12(16)4-3-10(13(11)14)9-7-15-17(2)8-9;1-2/h3-4,7-8H,5-6H2,1-2H3;1-2H3. The van der Waals surface area contributed by atoms with Crippen molar-refractivity contribution in [3.05, 3.63) is 35.9 Å². The Labute approximate surface area is 113 Å². The molecular formula is C15H20FN3. The van der Waals surface area contributed by atoms with E-state index in [0.717, 1.165) is 29.8 Å². The van der Waals surface area contributed by atoms with Gasteiger partial charge in [-0.05, 0) is 18.6 Å². The Morgan fingerprint density at radius 1 is 1.21 bits per heavy atom. The molecule has 3 nitrogen and oxygen atoms in total. The molecule has 1 aliphatic heterocycles. The van der Waals surface area contributed by atoms with Crippen molar-refractivity contribution in [2.45, 2.75) is 20.3 Å². The summed E-state index contributed by atoms with van der Waals surface area (Å²) in [7, 11) is 3.83. The van der Waals surface area contributed by atoms with Crippen LogP contribution in [0.3, 0.4) is 0 Å². The molecule has 1 aliphatic rings. The SMILES string of the molecule is CC.CN1CCc2c1ccc(-c1cnn(C)c1)c2F. The van der Waals surface area contributed by atoms with Gasteiger partial charge in [-0.2, -0.15) is 5.10 Å². The van der Waals surface area contributed by atoms with Gasteiger partial charge in [-0.3, -0.25) is 4.68 Å². The van der Waals surface area contributed by atoms with Gasteiger partial charge in [0, 0.05) is 49.2 Å². The maximum absolute atomic E-state index is 14.4. The van der Waals surface area contributed by atoms with E-state index in [9.17, 15) is 4.39 Å². The Balaban J connectivity index is 0.000000637. The van der Waals surface area contributed by atoms with E-state index in [1.54, 1.807) is 10.9 Å². The third-order valence-electron chi connectivity index (χ3n) is 3.34. The normalized spacial score (nSPS) is 13.0. The lowest BCUT2D eigenvalue weighted by Crippen LogP contribution is -2.12. The average Bonchev–Trinajstić information content (AvgIpc) is 3.00. The molecule has 0 radical (unpaired) electrons. The third kappa shape index (κ3) is 2.35. The molecule has 0 fully saturated rings. The van der Waals surface area contributed by atoms with Crippen molar-refractivity contribution in [3.63, 3.8) is 0 Å². The van der Waals surface area contributed by atoms with E-state index in [2.05, 4.69) is 10.00 Å². The minimum Gasteiger partial charge on any atom is -0.374 e. The van der Waals surface area contributed by atoms with E-state index in [1.165, 1.54) is 0 Å². The Morgan fingerprint density at radius 2 is 1.95 bits per heavy atom. The molecule has 4 heteroatoms. The summed E-state index contributed by atoms with van der Waals surface area (Å²) in [5, 5.41) is 4.08. The van der Waals surface area contributed by atoms with Crippen molar-refractivity contribution in [2.24, 2.45) is 7.05 Å². The first-order valence-electron chi connectivity index (χ1n) is 6.68. The van der Waals surface area contributed by atoms with Gasteiger partial charge in [0.25, 0.3) is 0 Å². The van der Waals surface area contributed by atoms with Crippen LogP contribution in [0.25, 0.3) is 11.1 Å². The summed E-state index contributed by atoms with van der Waals surface area (Å²) in [6, 6.07) is 3.83. The molecule has 2 heterocycles. The molecule has 0 amide bonds. The third-order valence-corrected chi connectivity index (χ3v) is 3.34. The minimum atomic E-state index is -0.0974. The number of aromatic nitrogens is 2. The number of hydrogen-bond donors (Lipinski definition) is 0. The predicted molar refractivity (Wildman–Crippen MR) is 76.9 cm³/mol. The zero-order valence-electron chi connectivity index (χ0n) is 11.9. The van der Waals surface area contributed by atoms with Crippen molar-refractivity contribution < 1.29 is 4.39 Å². The Hall–Kier alpha value is -1.84.